The number of benzene rings is 1. The van der Waals surface area contributed by atoms with Crippen LogP contribution >= 0.6 is 11.6 Å². The average molecular weight is 198 g/mol. The predicted octanol–water partition coefficient (Wildman–Crippen LogP) is 1.84. The van der Waals surface area contributed by atoms with Gasteiger partial charge in [0.15, 0.2) is 0 Å². The van der Waals surface area contributed by atoms with Crippen LogP contribution in [0.25, 0.3) is 0 Å². The van der Waals surface area contributed by atoms with Crippen molar-refractivity contribution in [3.63, 3.8) is 0 Å². The van der Waals surface area contributed by atoms with E-state index in [1.807, 2.05) is 0 Å². The second-order valence-corrected chi connectivity index (χ2v) is 2.85. The number of carboxylic acid groups (broad SMARTS) is 1. The number of aliphatic carboxylic acids is 1. The standard InChI is InChI=1S/C9H8ClNO2/c10-8-3-1-7(2-4-8)5-11-6-9(12)13/h1-5H,6H2,(H,12,13)/b11-5-. The van der Waals surface area contributed by atoms with Crippen LogP contribution in [0.4, 0.5) is 0 Å². The number of carbonyl (C=O) groups is 1. The van der Waals surface area contributed by atoms with E-state index in [1.54, 1.807) is 24.3 Å². The summed E-state index contributed by atoms with van der Waals surface area (Å²) in [6.07, 6.45) is 1.50. The fraction of sp³-hybridized carbons (Fsp3) is 0.111. The second-order valence-electron chi connectivity index (χ2n) is 2.42. The van der Waals surface area contributed by atoms with Crippen molar-refractivity contribution < 1.29 is 9.90 Å². The topological polar surface area (TPSA) is 49.7 Å². The van der Waals surface area contributed by atoms with Crippen molar-refractivity contribution >= 4 is 23.8 Å². The summed E-state index contributed by atoms with van der Waals surface area (Å²) >= 11 is 5.66. The third kappa shape index (κ3) is 3.71. The van der Waals surface area contributed by atoms with Gasteiger partial charge in [-0.1, -0.05) is 23.7 Å². The van der Waals surface area contributed by atoms with Crippen molar-refractivity contribution in [2.45, 2.75) is 0 Å². The Kier molecular flexibility index (Phi) is 3.46. The van der Waals surface area contributed by atoms with Gasteiger partial charge < -0.3 is 5.11 Å². The minimum absolute atomic E-state index is 0.206. The van der Waals surface area contributed by atoms with E-state index < -0.39 is 5.97 Å². The SMILES string of the molecule is O=C(O)C/N=C\c1ccc(Cl)cc1. The Morgan fingerprint density at radius 3 is 2.62 bits per heavy atom. The van der Waals surface area contributed by atoms with Crippen LogP contribution in [-0.2, 0) is 4.79 Å². The maximum absolute atomic E-state index is 10.1. The maximum Gasteiger partial charge on any atom is 0.325 e. The van der Waals surface area contributed by atoms with E-state index in [4.69, 9.17) is 16.7 Å². The monoisotopic (exact) mass is 197 g/mol. The highest BCUT2D eigenvalue weighted by Gasteiger charge is 1.91. The molecule has 0 aliphatic rings. The smallest absolute Gasteiger partial charge is 0.325 e. The van der Waals surface area contributed by atoms with Gasteiger partial charge in [0, 0.05) is 11.2 Å². The van der Waals surface area contributed by atoms with E-state index in [9.17, 15) is 4.79 Å². The van der Waals surface area contributed by atoms with Gasteiger partial charge in [-0.15, -0.1) is 0 Å². The minimum atomic E-state index is -0.940. The first kappa shape index (κ1) is 9.74. The minimum Gasteiger partial charge on any atom is -0.480 e. The number of carboxylic acids is 1. The van der Waals surface area contributed by atoms with Gasteiger partial charge in [-0.05, 0) is 17.7 Å². The molecule has 1 aromatic carbocycles. The fourth-order valence-corrected chi connectivity index (χ4v) is 0.904. The summed E-state index contributed by atoms with van der Waals surface area (Å²) in [5, 5.41) is 8.95. The molecule has 0 radical (unpaired) electrons. The molecule has 1 rings (SSSR count). The van der Waals surface area contributed by atoms with Crippen molar-refractivity contribution in [1.29, 1.82) is 0 Å². The van der Waals surface area contributed by atoms with Gasteiger partial charge in [0.05, 0.1) is 0 Å². The molecular weight excluding hydrogens is 190 g/mol. The van der Waals surface area contributed by atoms with Gasteiger partial charge >= 0.3 is 5.97 Å². The lowest BCUT2D eigenvalue weighted by Crippen LogP contribution is -1.99. The van der Waals surface area contributed by atoms with E-state index in [1.165, 1.54) is 6.21 Å². The molecule has 0 heterocycles. The molecule has 0 aliphatic carbocycles. The Balaban J connectivity index is 2.59. The fourth-order valence-electron chi connectivity index (χ4n) is 0.778. The highest BCUT2D eigenvalue weighted by molar-refractivity contribution is 6.30. The summed E-state index contributed by atoms with van der Waals surface area (Å²) in [7, 11) is 0. The van der Waals surface area contributed by atoms with E-state index >= 15 is 0 Å². The molecule has 0 saturated carbocycles. The molecule has 0 atom stereocenters. The summed E-state index contributed by atoms with van der Waals surface area (Å²) in [6.45, 7) is -0.206. The van der Waals surface area contributed by atoms with Crippen LogP contribution in [0.5, 0.6) is 0 Å². The number of halogens is 1. The van der Waals surface area contributed by atoms with Crippen molar-refractivity contribution in [2.24, 2.45) is 4.99 Å². The molecule has 0 unspecified atom stereocenters. The lowest BCUT2D eigenvalue weighted by atomic mass is 10.2. The zero-order chi connectivity index (χ0) is 9.68. The molecule has 68 valence electrons. The molecule has 1 aromatic rings. The van der Waals surface area contributed by atoms with Crippen molar-refractivity contribution in [2.75, 3.05) is 6.54 Å². The lowest BCUT2D eigenvalue weighted by Gasteiger charge is -1.91. The third-order valence-corrected chi connectivity index (χ3v) is 1.59. The van der Waals surface area contributed by atoms with Crippen molar-refractivity contribution in [3.05, 3.63) is 34.9 Å². The largest absolute Gasteiger partial charge is 0.480 e. The average Bonchev–Trinajstić information content (AvgIpc) is 2.08. The van der Waals surface area contributed by atoms with Gasteiger partial charge in [-0.3, -0.25) is 9.79 Å². The van der Waals surface area contributed by atoms with Crippen LogP contribution < -0.4 is 0 Å². The Morgan fingerprint density at radius 1 is 1.46 bits per heavy atom. The third-order valence-electron chi connectivity index (χ3n) is 1.34. The van der Waals surface area contributed by atoms with Crippen LogP contribution in [-0.4, -0.2) is 23.8 Å². The molecule has 0 spiro atoms. The molecule has 1 N–H and O–H groups in total. The molecule has 0 saturated heterocycles. The summed E-state index contributed by atoms with van der Waals surface area (Å²) in [6, 6.07) is 6.99. The maximum atomic E-state index is 10.1. The second kappa shape index (κ2) is 4.62. The highest BCUT2D eigenvalue weighted by atomic mass is 35.5. The normalized spacial score (nSPS) is 10.5. The summed E-state index contributed by atoms with van der Waals surface area (Å²) in [5.74, 6) is -0.940. The van der Waals surface area contributed by atoms with Gasteiger partial charge in [0.1, 0.15) is 6.54 Å². The van der Waals surface area contributed by atoms with Crippen LogP contribution in [0.2, 0.25) is 5.02 Å². The van der Waals surface area contributed by atoms with Gasteiger partial charge in [-0.25, -0.2) is 0 Å². The number of hydrogen-bond acceptors (Lipinski definition) is 2. The zero-order valence-electron chi connectivity index (χ0n) is 6.77. The first-order valence-electron chi connectivity index (χ1n) is 3.65. The number of rotatable bonds is 3. The zero-order valence-corrected chi connectivity index (χ0v) is 7.53. The van der Waals surface area contributed by atoms with E-state index in [-0.39, 0.29) is 6.54 Å². The lowest BCUT2D eigenvalue weighted by molar-refractivity contribution is -0.135. The number of hydrogen-bond donors (Lipinski definition) is 1. The molecule has 0 aliphatic heterocycles. The molecular formula is C9H8ClNO2. The first-order valence-corrected chi connectivity index (χ1v) is 4.03. The Bertz CT molecular complexity index is 319. The van der Waals surface area contributed by atoms with Gasteiger partial charge in [-0.2, -0.15) is 0 Å². The molecule has 4 heteroatoms. The molecule has 0 bridgehead atoms. The number of aliphatic imine (C=N–C) groups is 1. The Hall–Kier alpha value is -1.35. The molecule has 0 fully saturated rings. The molecule has 0 aromatic heterocycles. The highest BCUT2D eigenvalue weighted by Crippen LogP contribution is 2.07. The molecule has 13 heavy (non-hydrogen) atoms. The van der Waals surface area contributed by atoms with Crippen molar-refractivity contribution in [3.8, 4) is 0 Å². The van der Waals surface area contributed by atoms with Crippen LogP contribution in [0, 0.1) is 0 Å². The van der Waals surface area contributed by atoms with Crippen LogP contribution in [0.1, 0.15) is 5.56 Å². The Labute approximate surface area is 80.7 Å². The van der Waals surface area contributed by atoms with Gasteiger partial charge in [0.25, 0.3) is 0 Å². The number of nitrogens with zero attached hydrogens (tertiary/aromatic N) is 1. The van der Waals surface area contributed by atoms with E-state index in [0.717, 1.165) is 5.56 Å². The summed E-state index contributed by atoms with van der Waals surface area (Å²) < 4.78 is 0. The quantitative estimate of drug-likeness (QED) is 0.752. The molecule has 0 amide bonds. The van der Waals surface area contributed by atoms with Gasteiger partial charge in [0.2, 0.25) is 0 Å². The summed E-state index contributed by atoms with van der Waals surface area (Å²) in [5.41, 5.74) is 0.839. The van der Waals surface area contributed by atoms with Crippen LogP contribution in [0.15, 0.2) is 29.3 Å². The van der Waals surface area contributed by atoms with E-state index in [2.05, 4.69) is 4.99 Å². The predicted molar refractivity (Wildman–Crippen MR) is 51.5 cm³/mol. The first-order chi connectivity index (χ1) is 6.18. The Morgan fingerprint density at radius 2 is 2.08 bits per heavy atom. The van der Waals surface area contributed by atoms with E-state index in [0.29, 0.717) is 5.02 Å². The summed E-state index contributed by atoms with van der Waals surface area (Å²) in [4.78, 5) is 13.8. The molecule has 3 nitrogen and oxygen atoms in total. The van der Waals surface area contributed by atoms with Crippen LogP contribution in [0.3, 0.4) is 0 Å². The van der Waals surface area contributed by atoms with Crippen molar-refractivity contribution in [1.82, 2.24) is 0 Å².